The van der Waals surface area contributed by atoms with Gasteiger partial charge in [-0.05, 0) is 48.5 Å². The molecular weight excluding hydrogens is 411 g/mol. The van der Waals surface area contributed by atoms with Gasteiger partial charge in [0.25, 0.3) is 0 Å². The van der Waals surface area contributed by atoms with Crippen LogP contribution in [0, 0.1) is 17.1 Å². The number of hydrogen-bond acceptors (Lipinski definition) is 6. The summed E-state index contributed by atoms with van der Waals surface area (Å²) in [5.74, 6) is -0.219. The average Bonchev–Trinajstić information content (AvgIpc) is 3.12. The maximum absolute atomic E-state index is 13.8. The van der Waals surface area contributed by atoms with Gasteiger partial charge in [-0.3, -0.25) is 4.40 Å². The van der Waals surface area contributed by atoms with E-state index in [2.05, 4.69) is 20.0 Å². The number of imidazole rings is 1. The summed E-state index contributed by atoms with van der Waals surface area (Å²) < 4.78 is 44.2. The highest BCUT2D eigenvalue weighted by atomic mass is 19.3. The SMILES string of the molecule is N#Cc1cc(Nc2ccc(OC(F)F)cc2)nc(-c2c(CO)nc3ccc(F)cn23)c1. The number of aliphatic hydroxyl groups excluding tert-OH is 1. The molecule has 10 heteroatoms. The van der Waals surface area contributed by atoms with Gasteiger partial charge >= 0.3 is 6.61 Å². The Morgan fingerprint density at radius 1 is 1.13 bits per heavy atom. The van der Waals surface area contributed by atoms with E-state index in [0.717, 1.165) is 0 Å². The number of aromatic nitrogens is 3. The molecular formula is C21H14F3N5O2. The summed E-state index contributed by atoms with van der Waals surface area (Å²) in [7, 11) is 0. The summed E-state index contributed by atoms with van der Waals surface area (Å²) in [6.45, 7) is -3.34. The molecule has 0 amide bonds. The molecule has 0 atom stereocenters. The zero-order valence-electron chi connectivity index (χ0n) is 15.8. The van der Waals surface area contributed by atoms with Crippen LogP contribution in [-0.4, -0.2) is 26.1 Å². The molecule has 4 rings (SSSR count). The number of halogens is 3. The van der Waals surface area contributed by atoms with Crippen molar-refractivity contribution in [3.63, 3.8) is 0 Å². The van der Waals surface area contributed by atoms with Crippen molar-refractivity contribution in [1.82, 2.24) is 14.4 Å². The number of ether oxygens (including phenoxy) is 1. The van der Waals surface area contributed by atoms with Crippen LogP contribution in [0.2, 0.25) is 0 Å². The summed E-state index contributed by atoms with van der Waals surface area (Å²) in [6, 6.07) is 13.5. The maximum Gasteiger partial charge on any atom is 0.387 e. The van der Waals surface area contributed by atoms with Crippen LogP contribution in [0.15, 0.2) is 54.7 Å². The number of alkyl halides is 2. The van der Waals surface area contributed by atoms with Gasteiger partial charge in [0.05, 0.1) is 35.3 Å². The van der Waals surface area contributed by atoms with Gasteiger partial charge in [0.2, 0.25) is 0 Å². The van der Waals surface area contributed by atoms with Gasteiger partial charge in [0.1, 0.15) is 23.0 Å². The van der Waals surface area contributed by atoms with E-state index < -0.39 is 19.0 Å². The number of benzene rings is 1. The van der Waals surface area contributed by atoms with Crippen molar-refractivity contribution >= 4 is 17.2 Å². The van der Waals surface area contributed by atoms with E-state index in [1.807, 2.05) is 6.07 Å². The topological polar surface area (TPSA) is 95.5 Å². The first kappa shape index (κ1) is 20.2. The zero-order valence-corrected chi connectivity index (χ0v) is 15.8. The molecule has 0 aliphatic carbocycles. The smallest absolute Gasteiger partial charge is 0.387 e. The number of nitriles is 1. The Labute approximate surface area is 174 Å². The number of aliphatic hydroxyl groups is 1. The van der Waals surface area contributed by atoms with E-state index in [1.54, 1.807) is 0 Å². The van der Waals surface area contributed by atoms with Gasteiger partial charge in [0.15, 0.2) is 0 Å². The van der Waals surface area contributed by atoms with Gasteiger partial charge < -0.3 is 15.2 Å². The molecule has 1 aromatic carbocycles. The Balaban J connectivity index is 1.75. The zero-order chi connectivity index (χ0) is 22.0. The molecule has 0 saturated carbocycles. The monoisotopic (exact) mass is 425 g/mol. The second-order valence-corrected chi connectivity index (χ2v) is 6.41. The normalized spacial score (nSPS) is 11.0. The lowest BCUT2D eigenvalue weighted by Crippen LogP contribution is -2.02. The molecule has 0 aliphatic heterocycles. The summed E-state index contributed by atoms with van der Waals surface area (Å²) in [5, 5.41) is 22.1. The average molecular weight is 425 g/mol. The quantitative estimate of drug-likeness (QED) is 0.480. The lowest BCUT2D eigenvalue weighted by molar-refractivity contribution is -0.0498. The molecule has 0 aliphatic rings. The van der Waals surface area contributed by atoms with Gasteiger partial charge in [0, 0.05) is 11.9 Å². The first-order valence-corrected chi connectivity index (χ1v) is 8.98. The number of hydrogen-bond donors (Lipinski definition) is 2. The predicted octanol–water partition coefficient (Wildman–Crippen LogP) is 4.24. The van der Waals surface area contributed by atoms with Crippen molar-refractivity contribution in [1.29, 1.82) is 5.26 Å². The third kappa shape index (κ3) is 4.26. The fourth-order valence-corrected chi connectivity index (χ4v) is 3.10. The van der Waals surface area contributed by atoms with Gasteiger partial charge in [-0.25, -0.2) is 14.4 Å². The van der Waals surface area contributed by atoms with Gasteiger partial charge in [-0.1, -0.05) is 0 Å². The highest BCUT2D eigenvalue weighted by Crippen LogP contribution is 2.28. The van der Waals surface area contributed by atoms with Crippen molar-refractivity contribution < 1.29 is 23.0 Å². The van der Waals surface area contributed by atoms with Crippen LogP contribution < -0.4 is 10.1 Å². The van der Waals surface area contributed by atoms with E-state index in [9.17, 15) is 23.5 Å². The van der Waals surface area contributed by atoms with E-state index in [0.29, 0.717) is 22.7 Å². The van der Waals surface area contributed by atoms with Gasteiger partial charge in [-0.15, -0.1) is 0 Å². The lowest BCUT2D eigenvalue weighted by atomic mass is 10.1. The third-order valence-electron chi connectivity index (χ3n) is 4.35. The van der Waals surface area contributed by atoms with E-state index in [1.165, 1.54) is 59.1 Å². The minimum Gasteiger partial charge on any atom is -0.435 e. The maximum atomic E-state index is 13.8. The first-order chi connectivity index (χ1) is 15.0. The molecule has 0 fully saturated rings. The van der Waals surface area contributed by atoms with Gasteiger partial charge in [-0.2, -0.15) is 14.0 Å². The standard InChI is InChI=1S/C21H14F3N5O2/c22-13-1-6-19-28-17(11-30)20(29(19)10-13)16-7-12(9-25)8-18(27-16)26-14-2-4-15(5-3-14)31-21(23)24/h1-8,10,21,30H,11H2,(H,26,27). The molecule has 4 aromatic rings. The van der Waals surface area contributed by atoms with Crippen LogP contribution in [0.3, 0.4) is 0 Å². The molecule has 31 heavy (non-hydrogen) atoms. The molecule has 0 unspecified atom stereocenters. The molecule has 0 bridgehead atoms. The highest BCUT2D eigenvalue weighted by molar-refractivity contribution is 5.69. The first-order valence-electron chi connectivity index (χ1n) is 8.98. The van der Waals surface area contributed by atoms with Crippen molar-refractivity contribution in [2.24, 2.45) is 0 Å². The van der Waals surface area contributed by atoms with Crippen LogP contribution in [0.5, 0.6) is 5.75 Å². The molecule has 3 heterocycles. The third-order valence-corrected chi connectivity index (χ3v) is 4.35. The molecule has 3 aromatic heterocycles. The van der Waals surface area contributed by atoms with Crippen LogP contribution in [0.1, 0.15) is 11.3 Å². The Hall–Kier alpha value is -4.10. The Morgan fingerprint density at radius 2 is 1.90 bits per heavy atom. The molecule has 7 nitrogen and oxygen atoms in total. The summed E-state index contributed by atoms with van der Waals surface area (Å²) >= 11 is 0. The summed E-state index contributed by atoms with van der Waals surface area (Å²) in [5.41, 5.74) is 2.10. The highest BCUT2D eigenvalue weighted by Gasteiger charge is 2.17. The van der Waals surface area contributed by atoms with Crippen LogP contribution >= 0.6 is 0 Å². The minimum atomic E-state index is -2.92. The largest absolute Gasteiger partial charge is 0.435 e. The number of rotatable bonds is 6. The Kier molecular flexibility index (Phi) is 5.43. The minimum absolute atomic E-state index is 0.000294. The fourth-order valence-electron chi connectivity index (χ4n) is 3.10. The van der Waals surface area contributed by atoms with Crippen LogP contribution in [0.25, 0.3) is 17.0 Å². The Bertz CT molecular complexity index is 1280. The summed E-state index contributed by atoms with van der Waals surface area (Å²) in [4.78, 5) is 8.75. The van der Waals surface area contributed by atoms with Crippen LogP contribution in [0.4, 0.5) is 24.7 Å². The van der Waals surface area contributed by atoms with E-state index in [4.69, 9.17) is 0 Å². The molecule has 156 valence electrons. The van der Waals surface area contributed by atoms with Crippen molar-refractivity contribution in [3.05, 3.63) is 71.8 Å². The second kappa shape index (κ2) is 8.33. The number of nitrogens with zero attached hydrogens (tertiary/aromatic N) is 4. The number of anilines is 2. The fraction of sp³-hybridized carbons (Fsp3) is 0.0952. The number of nitrogens with one attached hydrogen (secondary N) is 1. The van der Waals surface area contributed by atoms with Crippen molar-refractivity contribution in [2.45, 2.75) is 13.2 Å². The molecule has 0 saturated heterocycles. The van der Waals surface area contributed by atoms with E-state index in [-0.39, 0.29) is 22.8 Å². The second-order valence-electron chi connectivity index (χ2n) is 6.41. The Morgan fingerprint density at radius 3 is 2.58 bits per heavy atom. The molecule has 0 spiro atoms. The lowest BCUT2D eigenvalue weighted by Gasteiger charge is -2.10. The molecule has 0 radical (unpaired) electrons. The van der Waals surface area contributed by atoms with Crippen LogP contribution in [-0.2, 0) is 6.61 Å². The number of fused-ring (bicyclic) bond motifs is 1. The van der Waals surface area contributed by atoms with E-state index >= 15 is 0 Å². The predicted molar refractivity (Wildman–Crippen MR) is 105 cm³/mol. The van der Waals surface area contributed by atoms with Crippen molar-refractivity contribution in [3.8, 4) is 23.2 Å². The number of pyridine rings is 2. The molecule has 2 N–H and O–H groups in total. The summed E-state index contributed by atoms with van der Waals surface area (Å²) in [6.07, 6.45) is 1.21. The van der Waals surface area contributed by atoms with Crippen molar-refractivity contribution in [2.75, 3.05) is 5.32 Å².